The molecule has 2 heterocycles. The van der Waals surface area contributed by atoms with Gasteiger partial charge < -0.3 is 0 Å². The van der Waals surface area contributed by atoms with E-state index < -0.39 is 0 Å². The van der Waals surface area contributed by atoms with Gasteiger partial charge in [-0.3, -0.25) is 20.9 Å². The van der Waals surface area contributed by atoms with Crippen LogP contribution in [0.3, 0.4) is 0 Å². The van der Waals surface area contributed by atoms with E-state index in [1.54, 1.807) is 6.20 Å². The number of pyridine rings is 1. The van der Waals surface area contributed by atoms with Crippen LogP contribution < -0.4 is 11.3 Å². The molecule has 0 fully saturated rings. The Balaban J connectivity index is 2.26. The summed E-state index contributed by atoms with van der Waals surface area (Å²) in [4.78, 5) is 4.13. The molecule has 0 saturated heterocycles. The molecule has 0 amide bonds. The van der Waals surface area contributed by atoms with Crippen LogP contribution in [-0.2, 0) is 13.5 Å². The normalized spacial score (nSPS) is 12.7. The van der Waals surface area contributed by atoms with Gasteiger partial charge in [0.05, 0.1) is 11.7 Å². The molecule has 0 aliphatic rings. The van der Waals surface area contributed by atoms with Crippen LogP contribution in [0.1, 0.15) is 28.6 Å². The number of nitrogens with one attached hydrogen (secondary N) is 1. The number of hydrazine groups is 1. The number of nitrogens with zero attached hydrogens (tertiary/aromatic N) is 3. The molecule has 1 unspecified atom stereocenters. The smallest absolute Gasteiger partial charge is 0.0629 e. The van der Waals surface area contributed by atoms with Crippen molar-refractivity contribution in [2.45, 2.75) is 26.3 Å². The summed E-state index contributed by atoms with van der Waals surface area (Å²) in [7, 11) is 1.96. The summed E-state index contributed by atoms with van der Waals surface area (Å²) in [5.41, 5.74) is 7.41. The molecule has 0 aliphatic heterocycles. The van der Waals surface area contributed by atoms with Gasteiger partial charge in [-0.25, -0.2) is 0 Å². The van der Waals surface area contributed by atoms with Gasteiger partial charge in [-0.05, 0) is 37.5 Å². The van der Waals surface area contributed by atoms with E-state index in [4.69, 9.17) is 5.84 Å². The molecule has 2 aromatic heterocycles. The van der Waals surface area contributed by atoms with E-state index in [9.17, 15) is 0 Å². The molecule has 0 spiro atoms. The zero-order valence-electron chi connectivity index (χ0n) is 11.0. The molecule has 18 heavy (non-hydrogen) atoms. The lowest BCUT2D eigenvalue weighted by Crippen LogP contribution is -2.29. The van der Waals surface area contributed by atoms with Crippen LogP contribution in [0.4, 0.5) is 0 Å². The summed E-state index contributed by atoms with van der Waals surface area (Å²) in [6.45, 7) is 4.10. The molecule has 2 aromatic rings. The first-order valence-electron chi connectivity index (χ1n) is 5.98. The number of hydrogen-bond donors (Lipinski definition) is 2. The predicted octanol–water partition coefficient (Wildman–Crippen LogP) is 1.18. The van der Waals surface area contributed by atoms with Gasteiger partial charge in [0, 0.05) is 25.1 Å². The number of aromatic nitrogens is 3. The Labute approximate surface area is 107 Å². The molecule has 0 aliphatic carbocycles. The molecule has 96 valence electrons. The molecular weight excluding hydrogens is 226 g/mol. The third-order valence-electron chi connectivity index (χ3n) is 3.36. The number of hydrogen-bond acceptors (Lipinski definition) is 4. The van der Waals surface area contributed by atoms with Gasteiger partial charge in [0.15, 0.2) is 0 Å². The van der Waals surface area contributed by atoms with Crippen molar-refractivity contribution in [2.24, 2.45) is 12.9 Å². The zero-order valence-corrected chi connectivity index (χ0v) is 11.0. The lowest BCUT2D eigenvalue weighted by molar-refractivity contribution is 0.547. The molecule has 5 nitrogen and oxygen atoms in total. The highest BCUT2D eigenvalue weighted by Gasteiger charge is 2.16. The minimum atomic E-state index is 0.0558. The molecule has 2 rings (SSSR count). The monoisotopic (exact) mass is 245 g/mol. The topological polar surface area (TPSA) is 68.8 Å². The average Bonchev–Trinajstić information content (AvgIpc) is 2.62. The van der Waals surface area contributed by atoms with Crippen molar-refractivity contribution in [3.8, 4) is 0 Å². The highest BCUT2D eigenvalue weighted by atomic mass is 15.3. The molecule has 0 radical (unpaired) electrons. The summed E-state index contributed by atoms with van der Waals surface area (Å²) in [6.07, 6.45) is 4.41. The first-order chi connectivity index (χ1) is 8.63. The van der Waals surface area contributed by atoms with E-state index in [-0.39, 0.29) is 6.04 Å². The van der Waals surface area contributed by atoms with Gasteiger partial charge in [-0.15, -0.1) is 0 Å². The van der Waals surface area contributed by atoms with Gasteiger partial charge in [0.2, 0.25) is 0 Å². The molecule has 5 heteroatoms. The maximum atomic E-state index is 5.65. The van der Waals surface area contributed by atoms with E-state index in [1.807, 2.05) is 37.0 Å². The van der Waals surface area contributed by atoms with Gasteiger partial charge in [-0.2, -0.15) is 5.10 Å². The van der Waals surface area contributed by atoms with Crippen molar-refractivity contribution < 1.29 is 0 Å². The summed E-state index contributed by atoms with van der Waals surface area (Å²) >= 11 is 0. The van der Waals surface area contributed by atoms with E-state index in [2.05, 4.69) is 22.4 Å². The summed E-state index contributed by atoms with van der Waals surface area (Å²) in [5, 5.41) is 4.42. The fraction of sp³-hybridized carbons (Fsp3) is 0.385. The fourth-order valence-electron chi connectivity index (χ4n) is 2.17. The van der Waals surface area contributed by atoms with Gasteiger partial charge in [0.1, 0.15) is 0 Å². The Kier molecular flexibility index (Phi) is 3.74. The second-order valence-corrected chi connectivity index (χ2v) is 4.48. The molecule has 0 aromatic carbocycles. The van der Waals surface area contributed by atoms with E-state index in [1.165, 1.54) is 11.3 Å². The fourth-order valence-corrected chi connectivity index (χ4v) is 2.17. The minimum Gasteiger partial charge on any atom is -0.272 e. The van der Waals surface area contributed by atoms with E-state index in [0.717, 1.165) is 17.7 Å². The Morgan fingerprint density at radius 2 is 2.22 bits per heavy atom. The highest BCUT2D eigenvalue weighted by molar-refractivity contribution is 5.27. The van der Waals surface area contributed by atoms with Crippen molar-refractivity contribution in [2.75, 3.05) is 0 Å². The van der Waals surface area contributed by atoms with Crippen molar-refractivity contribution in [3.05, 3.63) is 47.0 Å². The van der Waals surface area contributed by atoms with Crippen molar-refractivity contribution >= 4 is 0 Å². The van der Waals surface area contributed by atoms with Gasteiger partial charge >= 0.3 is 0 Å². The van der Waals surface area contributed by atoms with Crippen LogP contribution in [0.2, 0.25) is 0 Å². The Bertz CT molecular complexity index is 518. The second kappa shape index (κ2) is 5.29. The summed E-state index contributed by atoms with van der Waals surface area (Å²) in [6, 6.07) is 4.00. The number of nitrogens with two attached hydrogens (primary N) is 1. The molecule has 1 atom stereocenters. The Hall–Kier alpha value is -1.72. The number of rotatable bonds is 4. The highest BCUT2D eigenvalue weighted by Crippen LogP contribution is 2.21. The van der Waals surface area contributed by atoms with E-state index >= 15 is 0 Å². The van der Waals surface area contributed by atoms with Crippen molar-refractivity contribution in [1.82, 2.24) is 20.2 Å². The van der Waals surface area contributed by atoms with Crippen LogP contribution in [0.5, 0.6) is 0 Å². The average molecular weight is 245 g/mol. The minimum absolute atomic E-state index is 0.0558. The molecule has 0 bridgehead atoms. The Morgan fingerprint density at radius 1 is 1.44 bits per heavy atom. The lowest BCUT2D eigenvalue weighted by Gasteiger charge is -2.16. The van der Waals surface area contributed by atoms with E-state index in [0.29, 0.717) is 0 Å². The van der Waals surface area contributed by atoms with Crippen LogP contribution in [-0.4, -0.2) is 14.8 Å². The Morgan fingerprint density at radius 3 is 2.72 bits per heavy atom. The third kappa shape index (κ3) is 2.42. The molecular formula is C13H19N5. The van der Waals surface area contributed by atoms with Gasteiger partial charge in [-0.1, -0.05) is 6.07 Å². The largest absolute Gasteiger partial charge is 0.272 e. The lowest BCUT2D eigenvalue weighted by atomic mass is 9.99. The zero-order chi connectivity index (χ0) is 13.1. The molecule has 0 saturated carbocycles. The summed E-state index contributed by atoms with van der Waals surface area (Å²) < 4.78 is 1.90. The third-order valence-corrected chi connectivity index (χ3v) is 3.36. The van der Waals surface area contributed by atoms with Crippen LogP contribution >= 0.6 is 0 Å². The van der Waals surface area contributed by atoms with Gasteiger partial charge in [0.25, 0.3) is 0 Å². The predicted molar refractivity (Wildman–Crippen MR) is 70.7 cm³/mol. The SMILES string of the molecule is Cc1nn(C)c(C)c1CC(NN)c1cccnc1. The first kappa shape index (κ1) is 12.7. The van der Waals surface area contributed by atoms with Crippen molar-refractivity contribution in [3.63, 3.8) is 0 Å². The maximum Gasteiger partial charge on any atom is 0.0629 e. The standard InChI is InChI=1S/C13H19N5/c1-9-12(10(2)18(3)17-9)7-13(16-14)11-5-4-6-15-8-11/h4-6,8,13,16H,7,14H2,1-3H3. The first-order valence-corrected chi connectivity index (χ1v) is 5.98. The number of aryl methyl sites for hydroxylation is 2. The van der Waals surface area contributed by atoms with Crippen LogP contribution in [0.15, 0.2) is 24.5 Å². The summed E-state index contributed by atoms with van der Waals surface area (Å²) in [5.74, 6) is 5.65. The van der Waals surface area contributed by atoms with Crippen molar-refractivity contribution in [1.29, 1.82) is 0 Å². The maximum absolute atomic E-state index is 5.65. The second-order valence-electron chi connectivity index (χ2n) is 4.48. The quantitative estimate of drug-likeness (QED) is 0.627. The van der Waals surface area contributed by atoms with Crippen LogP contribution in [0, 0.1) is 13.8 Å². The molecule has 3 N–H and O–H groups in total. The van der Waals surface area contributed by atoms with Crippen LogP contribution in [0.25, 0.3) is 0 Å².